The van der Waals surface area contributed by atoms with Crippen LogP contribution in [0, 0.1) is 29.6 Å². The molecule has 15 heteroatoms. The number of likely N-dealkylation sites (N-methyl/N-ethyl adjacent to an activating group) is 1. The lowest BCUT2D eigenvalue weighted by Crippen LogP contribution is -2.64. The number of benzene rings is 1. The van der Waals surface area contributed by atoms with Crippen LogP contribution in [0.4, 0.5) is 5.69 Å². The first-order valence-electron chi connectivity index (χ1n) is 25.1. The van der Waals surface area contributed by atoms with E-state index in [1.54, 1.807) is 19.9 Å². The number of ether oxygens (including phenoxy) is 4. The first-order valence-corrected chi connectivity index (χ1v) is 25.1. The van der Waals surface area contributed by atoms with E-state index in [4.69, 9.17) is 18.9 Å². The molecule has 6 rings (SSSR count). The van der Waals surface area contributed by atoms with E-state index in [9.17, 15) is 39.6 Å². The number of rotatable bonds is 10. The lowest BCUT2D eigenvalue weighted by atomic mass is 9.80. The number of esters is 1. The molecule has 15 nitrogen and oxygen atoms in total. The van der Waals surface area contributed by atoms with E-state index in [2.05, 4.69) is 17.5 Å². The van der Waals surface area contributed by atoms with Crippen molar-refractivity contribution in [3.05, 3.63) is 66.4 Å². The SMILES string of the molecule is C=CCC1/C=C(\C)CC(C)CC(OC)C2OC(O)(C(=O)C(=O)N3CCCCC3C(=O)OC(C(C)=CC3CCC(N(C)c4ccc5c(ccn5CCO)c4)C(O)C3)C(C)C(O)CC1=O)C(C)CC2OC. The number of anilines is 1. The molecule has 3 fully saturated rings. The molecular weight excluding hydrogens is 883 g/mol. The van der Waals surface area contributed by atoms with Gasteiger partial charge in [0, 0.05) is 81.3 Å². The Labute approximate surface area is 408 Å². The quantitative estimate of drug-likeness (QED) is 0.122. The van der Waals surface area contributed by atoms with Crippen molar-refractivity contribution < 1.29 is 58.6 Å². The standard InChI is InChI=1S/C54H79N3O12/c1-10-13-39-25-32(2)24-33(3)26-47(66-8)50-48(67-9)28-35(5)54(65,69-50)51(62)52(63)57-20-12-11-14-43(57)53(64)68-49(36(6)44(59)31-45(39)60)34(4)27-37-15-17-42(46(61)29-37)55(7)40-16-18-41-38(30-40)19-21-56(41)22-23-58/h10,16,18-19,21,25,27,30,33,35-37,39,42-44,46-50,58-59,61,65H,1,11-15,17,20,22-24,26,28-29,31H2,2-9H3/b32-25+,34-27?. The second-order valence-electron chi connectivity index (χ2n) is 20.7. The highest BCUT2D eigenvalue weighted by Gasteiger charge is 2.56. The van der Waals surface area contributed by atoms with Crippen molar-refractivity contribution in [2.45, 2.75) is 166 Å². The normalized spacial score (nSPS) is 35.9. The average Bonchev–Trinajstić information content (AvgIpc) is 3.73. The van der Waals surface area contributed by atoms with Crippen molar-refractivity contribution in [1.82, 2.24) is 9.47 Å². The highest BCUT2D eigenvalue weighted by molar-refractivity contribution is 6.39. The number of cyclic esters (lactones) is 1. The molecule has 2 aromatic rings. The number of hydrogen-bond acceptors (Lipinski definition) is 13. The molecule has 14 atom stereocenters. The van der Waals surface area contributed by atoms with E-state index in [0.717, 1.165) is 28.6 Å². The average molecular weight is 962 g/mol. The van der Waals surface area contributed by atoms with Crippen LogP contribution in [-0.2, 0) is 44.7 Å². The number of aromatic nitrogens is 1. The summed E-state index contributed by atoms with van der Waals surface area (Å²) in [5.74, 6) is -8.02. The number of allylic oxidation sites excluding steroid dienone is 4. The third kappa shape index (κ3) is 12.3. The fourth-order valence-electron chi connectivity index (χ4n) is 11.5. The molecule has 69 heavy (non-hydrogen) atoms. The van der Waals surface area contributed by atoms with Crippen LogP contribution in [0.3, 0.4) is 0 Å². The Morgan fingerprint density at radius 1 is 0.971 bits per heavy atom. The lowest BCUT2D eigenvalue weighted by molar-refractivity contribution is -0.302. The number of aliphatic hydroxyl groups is 4. The monoisotopic (exact) mass is 962 g/mol. The Kier molecular flexibility index (Phi) is 18.7. The summed E-state index contributed by atoms with van der Waals surface area (Å²) in [5.41, 5.74) is 3.56. The van der Waals surface area contributed by atoms with E-state index in [-0.39, 0.29) is 56.1 Å². The van der Waals surface area contributed by atoms with Gasteiger partial charge in [-0.3, -0.25) is 14.4 Å². The molecule has 4 N–H and O–H groups in total. The van der Waals surface area contributed by atoms with Gasteiger partial charge in [0.15, 0.2) is 0 Å². The molecule has 14 unspecified atom stereocenters. The number of ketones is 2. The molecule has 3 aliphatic heterocycles. The number of methoxy groups -OCH3 is 2. The largest absolute Gasteiger partial charge is 0.456 e. The summed E-state index contributed by atoms with van der Waals surface area (Å²) in [6.07, 6.45) is 6.98. The Morgan fingerprint density at radius 3 is 2.38 bits per heavy atom. The van der Waals surface area contributed by atoms with E-state index in [1.165, 1.54) is 19.1 Å². The van der Waals surface area contributed by atoms with Crippen LogP contribution in [0.15, 0.2) is 66.4 Å². The fourth-order valence-corrected chi connectivity index (χ4v) is 11.5. The Morgan fingerprint density at radius 2 is 1.70 bits per heavy atom. The molecule has 2 saturated heterocycles. The molecule has 1 amide bonds. The van der Waals surface area contributed by atoms with Gasteiger partial charge < -0.3 is 53.7 Å². The van der Waals surface area contributed by atoms with Crippen LogP contribution in [0.2, 0.25) is 0 Å². The molecule has 1 aliphatic carbocycles. The second-order valence-corrected chi connectivity index (χ2v) is 20.7. The molecule has 4 aliphatic rings. The molecule has 0 radical (unpaired) electrons. The zero-order valence-electron chi connectivity index (χ0n) is 42.1. The van der Waals surface area contributed by atoms with Crippen molar-refractivity contribution in [3.8, 4) is 0 Å². The highest BCUT2D eigenvalue weighted by atomic mass is 16.7. The van der Waals surface area contributed by atoms with E-state index in [0.29, 0.717) is 57.1 Å². The molecular formula is C54H79N3O12. The number of carbonyl (C=O) groups is 4. The summed E-state index contributed by atoms with van der Waals surface area (Å²) in [5, 5.41) is 46.3. The van der Waals surface area contributed by atoms with Crippen molar-refractivity contribution >= 4 is 40.0 Å². The number of amides is 1. The fraction of sp³-hybridized carbons (Fsp3) is 0.667. The molecule has 1 saturated carbocycles. The highest BCUT2D eigenvalue weighted by Crippen LogP contribution is 2.40. The van der Waals surface area contributed by atoms with E-state index in [1.807, 2.05) is 68.9 Å². The molecule has 2 bridgehead atoms. The summed E-state index contributed by atoms with van der Waals surface area (Å²) in [6.45, 7) is 13.7. The first kappa shape index (κ1) is 54.1. The summed E-state index contributed by atoms with van der Waals surface area (Å²) >= 11 is 0. The number of nitrogens with zero attached hydrogens (tertiary/aromatic N) is 3. The molecule has 1 aromatic heterocycles. The molecule has 0 spiro atoms. The summed E-state index contributed by atoms with van der Waals surface area (Å²) in [4.78, 5) is 60.8. The third-order valence-electron chi connectivity index (χ3n) is 15.6. The Hall–Kier alpha value is -4.22. The maximum absolute atomic E-state index is 14.6. The molecule has 1 aromatic carbocycles. The van der Waals surface area contributed by atoms with Gasteiger partial charge in [0.2, 0.25) is 5.79 Å². The zero-order valence-corrected chi connectivity index (χ0v) is 42.1. The van der Waals surface area contributed by atoms with Gasteiger partial charge in [-0.2, -0.15) is 0 Å². The van der Waals surface area contributed by atoms with Crippen LogP contribution in [0.5, 0.6) is 0 Å². The van der Waals surface area contributed by atoms with Crippen LogP contribution in [0.1, 0.15) is 105 Å². The number of hydrogen-bond donors (Lipinski definition) is 4. The minimum atomic E-state index is -2.53. The van der Waals surface area contributed by atoms with Gasteiger partial charge in [-0.25, -0.2) is 4.79 Å². The van der Waals surface area contributed by atoms with E-state index < -0.39 is 83.9 Å². The summed E-state index contributed by atoms with van der Waals surface area (Å²) in [6, 6.07) is 6.82. The summed E-state index contributed by atoms with van der Waals surface area (Å²) < 4.78 is 26.5. The number of piperidine rings is 1. The number of Topliss-reactive ketones (excluding diaryl/α,β-unsaturated/α-hetero) is 2. The third-order valence-corrected chi connectivity index (χ3v) is 15.6. The maximum atomic E-state index is 14.6. The van der Waals surface area contributed by atoms with Gasteiger partial charge in [-0.1, -0.05) is 44.6 Å². The number of carbonyl (C=O) groups excluding carboxylic acids is 4. The van der Waals surface area contributed by atoms with Crippen molar-refractivity contribution in [1.29, 1.82) is 0 Å². The van der Waals surface area contributed by atoms with Crippen molar-refractivity contribution in [3.63, 3.8) is 0 Å². The maximum Gasteiger partial charge on any atom is 0.329 e. The second kappa shape index (κ2) is 23.8. The van der Waals surface area contributed by atoms with Gasteiger partial charge in [0.25, 0.3) is 11.7 Å². The summed E-state index contributed by atoms with van der Waals surface area (Å²) in [7, 11) is 5.04. The predicted octanol–water partition coefficient (Wildman–Crippen LogP) is 6.08. The van der Waals surface area contributed by atoms with Gasteiger partial charge in [-0.05, 0) is 120 Å². The number of fused-ring (bicyclic) bond motifs is 4. The molecule has 4 heterocycles. The molecule has 382 valence electrons. The van der Waals surface area contributed by atoms with E-state index >= 15 is 0 Å². The van der Waals surface area contributed by atoms with Gasteiger partial charge in [0.1, 0.15) is 24.0 Å². The van der Waals surface area contributed by atoms with Gasteiger partial charge in [0.05, 0.1) is 37.1 Å². The number of aliphatic hydroxyl groups excluding tert-OH is 3. The Balaban J connectivity index is 1.30. The van der Waals surface area contributed by atoms with Gasteiger partial charge in [-0.15, -0.1) is 6.58 Å². The van der Waals surface area contributed by atoms with Crippen LogP contribution in [-0.4, -0.2) is 142 Å². The van der Waals surface area contributed by atoms with Crippen molar-refractivity contribution in [2.24, 2.45) is 29.6 Å². The minimum absolute atomic E-state index is 0.00611. The van der Waals surface area contributed by atoms with Gasteiger partial charge >= 0.3 is 5.97 Å². The lowest BCUT2D eigenvalue weighted by Gasteiger charge is -2.47. The smallest absolute Gasteiger partial charge is 0.329 e. The van der Waals surface area contributed by atoms with Crippen LogP contribution >= 0.6 is 0 Å². The first-order chi connectivity index (χ1) is 32.8. The zero-order chi connectivity index (χ0) is 50.3. The predicted molar refractivity (Wildman–Crippen MR) is 263 cm³/mol. The topological polar surface area (TPSA) is 198 Å². The van der Waals surface area contributed by atoms with Crippen LogP contribution < -0.4 is 4.90 Å². The van der Waals surface area contributed by atoms with Crippen LogP contribution in [0.25, 0.3) is 10.9 Å². The van der Waals surface area contributed by atoms with Crippen molar-refractivity contribution in [2.75, 3.05) is 39.3 Å². The minimum Gasteiger partial charge on any atom is -0.456 e. The Bertz CT molecular complexity index is 2190.